The van der Waals surface area contributed by atoms with Crippen LogP contribution in [0.25, 0.3) is 0 Å². The van der Waals surface area contributed by atoms with Gasteiger partial charge in [-0.15, -0.1) is 0 Å². The smallest absolute Gasteiger partial charge is 0.0622 e. The first-order valence-electron chi connectivity index (χ1n) is 34.0. The topological polar surface area (TPSA) is 111 Å². The zero-order valence-electron chi connectivity index (χ0n) is 56.2. The van der Waals surface area contributed by atoms with Gasteiger partial charge in [0.05, 0.1) is 0 Å². The van der Waals surface area contributed by atoms with Crippen molar-refractivity contribution in [3.8, 4) is 0 Å². The molecule has 0 aliphatic carbocycles. The van der Waals surface area contributed by atoms with Crippen molar-refractivity contribution in [3.05, 3.63) is 280 Å². The Morgan fingerprint density at radius 1 is 0.358 bits per heavy atom. The van der Waals surface area contributed by atoms with Gasteiger partial charge in [0.15, 0.2) is 0 Å². The van der Waals surface area contributed by atoms with Crippen molar-refractivity contribution in [2.75, 3.05) is 20.3 Å². The average molecular weight is 1350 g/mol. The summed E-state index contributed by atoms with van der Waals surface area (Å²) in [5.41, 5.74) is 11.4. The van der Waals surface area contributed by atoms with Gasteiger partial charge in [-0.25, -0.2) is 0 Å². The molecule has 0 spiro atoms. The van der Waals surface area contributed by atoms with Crippen molar-refractivity contribution in [1.29, 1.82) is 0 Å². The molecule has 3 aliphatic heterocycles. The third-order valence-electron chi connectivity index (χ3n) is 18.1. The second kappa shape index (κ2) is 35.9. The summed E-state index contributed by atoms with van der Waals surface area (Å²) in [5, 5.41) is 0. The Balaban J connectivity index is 0.949. The Kier molecular flexibility index (Phi) is 26.5. The summed E-state index contributed by atoms with van der Waals surface area (Å²) < 4.78 is 86.5. The van der Waals surface area contributed by atoms with Crippen LogP contribution >= 0.6 is 0 Å². The van der Waals surface area contributed by atoms with Crippen LogP contribution in [-0.2, 0) is 103 Å². The van der Waals surface area contributed by atoms with Crippen LogP contribution in [0.15, 0.2) is 224 Å². The van der Waals surface area contributed by atoms with Gasteiger partial charge in [-0.05, 0) is 0 Å². The number of hydrogen-bond acceptors (Lipinski definition) is 12. The molecule has 0 N–H and O–H groups in total. The van der Waals surface area contributed by atoms with E-state index in [-0.39, 0.29) is 51.8 Å². The predicted molar refractivity (Wildman–Crippen MR) is 372 cm³/mol. The van der Waals surface area contributed by atoms with Crippen molar-refractivity contribution in [2.45, 2.75) is 197 Å². The van der Waals surface area contributed by atoms with Gasteiger partial charge in [-0.1, -0.05) is 66.7 Å². The van der Waals surface area contributed by atoms with E-state index in [2.05, 4.69) is 139 Å². The van der Waals surface area contributed by atoms with Gasteiger partial charge < -0.3 is 0 Å². The second-order valence-corrected chi connectivity index (χ2v) is 28.8. The molecule has 8 aromatic carbocycles. The fourth-order valence-corrected chi connectivity index (χ4v) is 16.6. The third kappa shape index (κ3) is 19.8. The summed E-state index contributed by atoms with van der Waals surface area (Å²) >= 11 is -0.0803. The van der Waals surface area contributed by atoms with E-state index in [9.17, 15) is 0 Å². The van der Waals surface area contributed by atoms with E-state index in [1.165, 1.54) is 21.2 Å². The minimum absolute atomic E-state index is 0.0642. The molecule has 0 unspecified atom stereocenters. The van der Waals surface area contributed by atoms with Crippen molar-refractivity contribution >= 4 is 19.4 Å². The van der Waals surface area contributed by atoms with E-state index in [1.54, 1.807) is 7.11 Å². The summed E-state index contributed by atoms with van der Waals surface area (Å²) in [6, 6.07) is 76.5. The normalized spacial score (nSPS) is 24.6. The molecule has 0 amide bonds. The molecule has 95 heavy (non-hydrogen) atoms. The van der Waals surface area contributed by atoms with Gasteiger partial charge in [0.2, 0.25) is 0 Å². The van der Waals surface area contributed by atoms with Gasteiger partial charge in [0.1, 0.15) is 0 Å². The van der Waals surface area contributed by atoms with Gasteiger partial charge >= 0.3 is 507 Å². The minimum Gasteiger partial charge on any atom is -0.0622 e. The Labute approximate surface area is 570 Å². The molecule has 0 saturated carbocycles. The van der Waals surface area contributed by atoms with Crippen molar-refractivity contribution in [2.24, 2.45) is 0 Å². The molecule has 0 bridgehead atoms. The van der Waals surface area contributed by atoms with Crippen LogP contribution < -0.4 is 4.46 Å². The first-order chi connectivity index (χ1) is 46.5. The van der Waals surface area contributed by atoms with Crippen LogP contribution in [0.2, 0.25) is 4.82 Å². The first-order valence-corrected chi connectivity index (χ1v) is 35.9. The van der Waals surface area contributed by atoms with E-state index in [1.807, 2.05) is 127 Å². The molecule has 11 rings (SSSR count). The van der Waals surface area contributed by atoms with Crippen LogP contribution in [0, 0.1) is 0 Å². The van der Waals surface area contributed by atoms with E-state index in [4.69, 9.17) is 56.8 Å². The van der Waals surface area contributed by atoms with Gasteiger partial charge in [-0.2, -0.15) is 0 Å². The van der Waals surface area contributed by atoms with E-state index >= 15 is 0 Å². The standard InChI is InChI=1S/C82H96O12Se/c1-56(2)66-43-68(57(3)4)80(69(44-66)58(5)6)95-73-46-67(45-70-74(85-48-60-31-17-9-18-32-60)76(87-50-62-35-21-11-22-36-62)78(81(83-7)93-70)89-52-64-39-25-13-26-40-64)92-71(73)55-91-82-79(90-53-65-41-27-14-28-42-65)77(88-51-63-37-23-12-24-38-63)75(86-49-61-33-19-10-20-34-61)72(94-82)54-84-47-59-29-15-8-16-30-59/h8-44,56-58,67,70-79,81-82H,45-55H2,1-7H3/t67-,70+,71+,72+,73-,74+,75+,76-,77-,78+,79+,81-,82+/m0/s1. The number of rotatable bonds is 33. The predicted octanol–water partition coefficient (Wildman–Crippen LogP) is 15.6. The molecule has 0 radical (unpaired) electrons. The van der Waals surface area contributed by atoms with Crippen molar-refractivity contribution < 1.29 is 56.8 Å². The molecule has 3 fully saturated rings. The van der Waals surface area contributed by atoms with E-state index < -0.39 is 61.4 Å². The van der Waals surface area contributed by atoms with Crippen LogP contribution in [0.1, 0.15) is 128 Å². The van der Waals surface area contributed by atoms with Crippen LogP contribution in [0.3, 0.4) is 0 Å². The van der Waals surface area contributed by atoms with Crippen molar-refractivity contribution in [1.82, 2.24) is 0 Å². The van der Waals surface area contributed by atoms with Gasteiger partial charge in [0.25, 0.3) is 0 Å². The summed E-state index contributed by atoms with van der Waals surface area (Å²) in [6.07, 6.45) is -6.24. The van der Waals surface area contributed by atoms with Crippen molar-refractivity contribution in [3.63, 3.8) is 0 Å². The number of ether oxygens (including phenoxy) is 12. The van der Waals surface area contributed by atoms with Gasteiger partial charge in [0, 0.05) is 0 Å². The summed E-state index contributed by atoms with van der Waals surface area (Å²) in [6.45, 7) is 16.6. The SMILES string of the molecule is CO[C@H]1O[C@H](C[C@H]2C[C@H]([Se]c3c(C(C)C)cc(C(C)C)cc3C(C)C)[C@@H](CO[C@@H]3O[C@H](COCc4ccccc4)[C@@H](OCc4ccccc4)[C@H](OCc4ccccc4)[C@H]3OCc3ccccc3)O2)[C@@H](OCc2ccccc2)[C@H](OCc2ccccc2)[C@H]1OCc1ccccc1. The molecule has 12 nitrogen and oxygen atoms in total. The molecule has 3 aliphatic rings. The van der Waals surface area contributed by atoms with Gasteiger partial charge in [-0.3, -0.25) is 0 Å². The number of methoxy groups -OCH3 is 1. The monoisotopic (exact) mass is 1350 g/mol. The Bertz CT molecular complexity index is 3430. The van der Waals surface area contributed by atoms with Crippen LogP contribution in [0.5, 0.6) is 0 Å². The Hall–Kier alpha value is -6.20. The Morgan fingerprint density at radius 3 is 1.08 bits per heavy atom. The minimum atomic E-state index is -0.935. The van der Waals surface area contributed by atoms with E-state index in [0.29, 0.717) is 63.8 Å². The molecular formula is C82H96O12Se. The maximum absolute atomic E-state index is 7.59. The Morgan fingerprint density at radius 2 is 0.705 bits per heavy atom. The fourth-order valence-electron chi connectivity index (χ4n) is 12.9. The molecule has 3 heterocycles. The first kappa shape index (κ1) is 70.1. The second-order valence-electron chi connectivity index (χ2n) is 26.1. The molecule has 0 aromatic heterocycles. The average Bonchev–Trinajstić information content (AvgIpc) is 1.74. The molecule has 8 aromatic rings. The van der Waals surface area contributed by atoms with Crippen LogP contribution in [0.4, 0.5) is 0 Å². The molecular weight excluding hydrogens is 1260 g/mol. The van der Waals surface area contributed by atoms with Crippen LogP contribution in [-0.4, -0.2) is 109 Å². The molecule has 13 heteroatoms. The summed E-state index contributed by atoms with van der Waals surface area (Å²) in [5.74, 6) is 0.978. The fraction of sp³-hybridized carbons (Fsp3) is 0.415. The summed E-state index contributed by atoms with van der Waals surface area (Å²) in [7, 11) is 1.68. The number of hydrogen-bond donors (Lipinski definition) is 0. The molecule has 13 atom stereocenters. The quantitative estimate of drug-likeness (QED) is 0.0365. The summed E-state index contributed by atoms with van der Waals surface area (Å²) in [4.78, 5) is 0.0642. The van der Waals surface area contributed by atoms with E-state index in [0.717, 1.165) is 45.4 Å². The maximum atomic E-state index is 7.59. The number of benzene rings is 8. The zero-order valence-corrected chi connectivity index (χ0v) is 57.9. The zero-order chi connectivity index (χ0) is 65.7. The molecule has 3 saturated heterocycles. The molecule has 502 valence electrons. The third-order valence-corrected chi connectivity index (χ3v) is 21.2.